The maximum atomic E-state index is 7.22. The maximum absolute atomic E-state index is 7.22. The van der Waals surface area contributed by atoms with Gasteiger partial charge in [0.1, 0.15) is 62.8 Å². The summed E-state index contributed by atoms with van der Waals surface area (Å²) >= 11 is 0. The van der Waals surface area contributed by atoms with E-state index in [1.807, 2.05) is 6.07 Å². The van der Waals surface area contributed by atoms with Crippen molar-refractivity contribution in [3.05, 3.63) is 172 Å². The Labute approximate surface area is 386 Å². The number of hydrogen-bond acceptors (Lipinski definition) is 1. The van der Waals surface area contributed by atoms with Crippen LogP contribution in [0.5, 0.6) is 0 Å². The molecule has 12 rings (SSSR count). The molecule has 0 unspecified atom stereocenters. The topological polar surface area (TPSA) is 3.24 Å². The van der Waals surface area contributed by atoms with Gasteiger partial charge in [-0.2, -0.15) is 0 Å². The van der Waals surface area contributed by atoms with Gasteiger partial charge in [0.05, 0.1) is 11.1 Å². The Morgan fingerprint density at radius 2 is 0.719 bits per heavy atom. The first kappa shape index (κ1) is 39.7. The van der Waals surface area contributed by atoms with Gasteiger partial charge in [0, 0.05) is 27.8 Å². The van der Waals surface area contributed by atoms with Crippen molar-refractivity contribution in [2.45, 2.75) is 43.9 Å². The quantitative estimate of drug-likeness (QED) is 0.239. The van der Waals surface area contributed by atoms with Gasteiger partial charge < -0.3 is 4.90 Å². The normalized spacial score (nSPS) is 15.4. The number of hydrogen-bond donors (Lipinski definition) is 0. The molecule has 8 aromatic rings. The molecule has 0 saturated heterocycles. The van der Waals surface area contributed by atoms with Crippen LogP contribution in [0.15, 0.2) is 127 Å². The molecule has 0 fully saturated rings. The molecular weight excluding hydrogens is 761 g/mol. The highest BCUT2D eigenvalue weighted by Gasteiger charge is 2.55. The third kappa shape index (κ3) is 4.66. The van der Waals surface area contributed by atoms with Crippen molar-refractivity contribution in [1.29, 1.82) is 0 Å². The zero-order chi connectivity index (χ0) is 44.5. The van der Waals surface area contributed by atoms with Gasteiger partial charge in [0.25, 0.3) is 0 Å². The van der Waals surface area contributed by atoms with Crippen molar-refractivity contribution in [1.82, 2.24) is 0 Å². The van der Waals surface area contributed by atoms with Crippen molar-refractivity contribution < 1.29 is 0 Å². The molecule has 0 atom stereocenters. The summed E-state index contributed by atoms with van der Waals surface area (Å²) in [5, 5.41) is 0. The molecule has 0 bridgehead atoms. The zero-order valence-corrected chi connectivity index (χ0v) is 36.2. The fraction of sp³-hybridized carbons (Fsp3) is 0.127. The Balaban J connectivity index is 1.20. The first-order valence-corrected chi connectivity index (χ1v) is 21.7. The lowest BCUT2D eigenvalue weighted by molar-refractivity contribution is 0.660. The molecule has 4 aliphatic rings. The highest BCUT2D eigenvalue weighted by Crippen LogP contribution is 2.64. The minimum atomic E-state index is -1.17. The lowest BCUT2D eigenvalue weighted by Gasteiger charge is -2.36. The monoisotopic (exact) mass is 795 g/mol. The van der Waals surface area contributed by atoms with Gasteiger partial charge >= 0.3 is 0 Å². The number of nitrogens with zero attached hydrogens (tertiary/aromatic N) is 1. The summed E-state index contributed by atoms with van der Waals surface area (Å²) in [6.07, 6.45) is 0. The second-order valence-electron chi connectivity index (χ2n) is 18.9. The molecule has 1 spiro atoms. The first-order chi connectivity index (χ1) is 30.6. The summed E-state index contributed by atoms with van der Waals surface area (Å²) < 4.78 is 0. The molecule has 0 N–H and O–H groups in total. The van der Waals surface area contributed by atoms with Gasteiger partial charge in [-0.05, 0) is 114 Å². The highest BCUT2D eigenvalue weighted by molar-refractivity contribution is 6.67. The summed E-state index contributed by atoms with van der Waals surface area (Å²) in [6, 6.07) is 46.1. The van der Waals surface area contributed by atoms with Crippen LogP contribution in [0.4, 0.5) is 17.1 Å². The minimum Gasteiger partial charge on any atom is -0.310 e. The van der Waals surface area contributed by atoms with Gasteiger partial charge in [-0.25, -0.2) is 0 Å². The van der Waals surface area contributed by atoms with Gasteiger partial charge in [-0.1, -0.05) is 147 Å². The predicted molar refractivity (Wildman–Crippen MR) is 276 cm³/mol. The van der Waals surface area contributed by atoms with Crippen molar-refractivity contribution in [2.75, 3.05) is 4.90 Å². The van der Waals surface area contributed by atoms with Gasteiger partial charge in [0.2, 0.25) is 0 Å². The molecular formula is C55H33B8N. The van der Waals surface area contributed by atoms with E-state index < -0.39 is 5.41 Å². The van der Waals surface area contributed by atoms with E-state index in [0.29, 0.717) is 33.2 Å². The van der Waals surface area contributed by atoms with Gasteiger partial charge in [-0.15, -0.1) is 21.9 Å². The maximum Gasteiger partial charge on any atom is 0.113 e. The van der Waals surface area contributed by atoms with Crippen LogP contribution in [-0.2, 0) is 16.2 Å². The minimum absolute atomic E-state index is 0.169. The number of benzene rings is 8. The summed E-state index contributed by atoms with van der Waals surface area (Å²) in [5.74, 6) is 0. The van der Waals surface area contributed by atoms with Crippen molar-refractivity contribution >= 4 is 124 Å². The van der Waals surface area contributed by atoms with Crippen LogP contribution in [0.25, 0.3) is 44.5 Å². The van der Waals surface area contributed by atoms with E-state index >= 15 is 0 Å². The van der Waals surface area contributed by atoms with Crippen LogP contribution in [0, 0.1) is 0 Å². The third-order valence-electron chi connectivity index (χ3n) is 15.3. The van der Waals surface area contributed by atoms with E-state index in [4.69, 9.17) is 62.8 Å². The smallest absolute Gasteiger partial charge is 0.113 e. The van der Waals surface area contributed by atoms with Crippen LogP contribution >= 0.6 is 0 Å². The molecule has 64 heavy (non-hydrogen) atoms. The van der Waals surface area contributed by atoms with Crippen molar-refractivity contribution in [3.8, 4) is 44.5 Å². The Morgan fingerprint density at radius 3 is 1.20 bits per heavy atom. The molecule has 1 nitrogen and oxygen atoms in total. The second kappa shape index (κ2) is 13.1. The Bertz CT molecular complexity index is 3280. The molecule has 0 aromatic heterocycles. The van der Waals surface area contributed by atoms with Crippen LogP contribution in [-0.4, -0.2) is 62.8 Å². The van der Waals surface area contributed by atoms with E-state index in [2.05, 4.69) is 154 Å². The summed E-state index contributed by atoms with van der Waals surface area (Å²) in [5.41, 5.74) is 19.6. The molecule has 4 aliphatic carbocycles. The van der Waals surface area contributed by atoms with E-state index in [0.717, 1.165) is 39.3 Å². The molecule has 282 valence electrons. The SMILES string of the molecule is [B]c1c([B])c([B])c2c(c1[B])-c1c([B])c([B])c([B])c([B])c1C21c2ccccc2-c2c(N(c3ccc4c(c3)C(C)(C)c3ccccc3-4)c3ccc4c(c3)C(C)(C)c3ccccc3-4)cccc21. The molecule has 0 amide bonds. The highest BCUT2D eigenvalue weighted by atomic mass is 15.1. The summed E-state index contributed by atoms with van der Waals surface area (Å²) in [4.78, 5) is 2.41. The van der Waals surface area contributed by atoms with Crippen LogP contribution in [0.2, 0.25) is 0 Å². The fourth-order valence-corrected chi connectivity index (χ4v) is 12.2. The largest absolute Gasteiger partial charge is 0.310 e. The predicted octanol–water partition coefficient (Wildman–Crippen LogP) is 4.46. The molecule has 0 aliphatic heterocycles. The first-order valence-electron chi connectivity index (χ1n) is 21.7. The lowest BCUT2D eigenvalue weighted by atomic mass is 9.57. The molecule has 8 aromatic carbocycles. The number of anilines is 3. The van der Waals surface area contributed by atoms with E-state index in [1.54, 1.807) is 0 Å². The average molecular weight is 794 g/mol. The van der Waals surface area contributed by atoms with Crippen LogP contribution in [0.1, 0.15) is 72.2 Å². The van der Waals surface area contributed by atoms with Crippen LogP contribution in [0.3, 0.4) is 0 Å². The second-order valence-corrected chi connectivity index (χ2v) is 18.9. The summed E-state index contributed by atoms with van der Waals surface area (Å²) in [6.45, 7) is 9.27. The van der Waals surface area contributed by atoms with Gasteiger partial charge in [-0.3, -0.25) is 0 Å². The number of rotatable bonds is 3. The van der Waals surface area contributed by atoms with E-state index in [-0.39, 0.29) is 43.6 Å². The Hall–Kier alpha value is -5.92. The Kier molecular flexibility index (Phi) is 8.11. The standard InChI is InChI=1S/C55H33B8N/c1-53(2)33-15-8-5-12-28(33)30-22-20-26(24-37(30)53)64(27-21-23-31-29-13-6-9-16-34(29)54(3,4)38(31)25-27)39-19-11-18-36-40(39)32-14-7-10-17-35(32)55(36)43-41(45(56)49(60)51(62)47(43)58)42-44(55)48(59)52(63)50(61)46(42)57/h5-25H,1-4H3. The lowest BCUT2D eigenvalue weighted by Crippen LogP contribution is -2.52. The molecule has 0 saturated carbocycles. The number of fused-ring (bicyclic) bond motifs is 16. The van der Waals surface area contributed by atoms with E-state index in [9.17, 15) is 0 Å². The third-order valence-corrected chi connectivity index (χ3v) is 15.3. The van der Waals surface area contributed by atoms with E-state index in [1.165, 1.54) is 44.5 Å². The fourth-order valence-electron chi connectivity index (χ4n) is 12.2. The van der Waals surface area contributed by atoms with Crippen molar-refractivity contribution in [2.24, 2.45) is 0 Å². The zero-order valence-electron chi connectivity index (χ0n) is 36.2. The van der Waals surface area contributed by atoms with Gasteiger partial charge in [0.15, 0.2) is 0 Å². The van der Waals surface area contributed by atoms with Crippen molar-refractivity contribution in [3.63, 3.8) is 0 Å². The molecule has 9 heteroatoms. The van der Waals surface area contributed by atoms with Crippen LogP contribution < -0.4 is 48.6 Å². The molecule has 16 radical (unpaired) electrons. The molecule has 0 heterocycles. The summed E-state index contributed by atoms with van der Waals surface area (Å²) in [7, 11) is 55.3. The average Bonchev–Trinajstić information content (AvgIpc) is 3.94. The Morgan fingerprint density at radius 1 is 0.328 bits per heavy atom.